The lowest BCUT2D eigenvalue weighted by molar-refractivity contribution is -0.156. The Morgan fingerprint density at radius 1 is 1.11 bits per heavy atom. The topological polar surface area (TPSA) is 120 Å². The summed E-state index contributed by atoms with van der Waals surface area (Å²) in [5.74, 6) is -1.28. The smallest absolute Gasteiger partial charge is 0.246 e. The molecule has 1 fully saturated rings. The zero-order chi connectivity index (χ0) is 26.2. The molecule has 0 unspecified atom stereocenters. The Balaban J connectivity index is 1.78. The van der Waals surface area contributed by atoms with E-state index in [0.717, 1.165) is 11.1 Å². The number of nitriles is 1. The normalized spacial score (nSPS) is 17.3. The van der Waals surface area contributed by atoms with Crippen LogP contribution in [0.15, 0.2) is 48.5 Å². The third kappa shape index (κ3) is 6.26. The number of halogens is 1. The number of rotatable bonds is 9. The van der Waals surface area contributed by atoms with Crippen LogP contribution in [-0.2, 0) is 27.2 Å². The van der Waals surface area contributed by atoms with Gasteiger partial charge in [-0.2, -0.15) is 5.26 Å². The molecule has 8 nitrogen and oxygen atoms in total. The molecule has 0 bridgehead atoms. The van der Waals surface area contributed by atoms with Crippen molar-refractivity contribution in [1.82, 2.24) is 15.1 Å². The number of carbonyl (C=O) groups is 3. The van der Waals surface area contributed by atoms with Crippen LogP contribution in [0.5, 0.6) is 0 Å². The summed E-state index contributed by atoms with van der Waals surface area (Å²) >= 11 is 0. The molecule has 1 aliphatic heterocycles. The minimum absolute atomic E-state index is 0.197. The first-order chi connectivity index (χ1) is 17.3. The Bertz CT molecular complexity index is 1110. The van der Waals surface area contributed by atoms with Crippen molar-refractivity contribution >= 4 is 17.7 Å². The van der Waals surface area contributed by atoms with Crippen LogP contribution < -0.4 is 11.1 Å². The van der Waals surface area contributed by atoms with Crippen LogP contribution >= 0.6 is 0 Å². The quantitative estimate of drug-likeness (QED) is 0.552. The summed E-state index contributed by atoms with van der Waals surface area (Å²) in [6.45, 7) is 2.38. The fourth-order valence-corrected chi connectivity index (χ4v) is 4.56. The van der Waals surface area contributed by atoms with Gasteiger partial charge < -0.3 is 20.9 Å². The number of nitrogens with two attached hydrogens (primary N) is 1. The molecule has 0 radical (unpaired) electrons. The zero-order valence-corrected chi connectivity index (χ0v) is 20.6. The van der Waals surface area contributed by atoms with Gasteiger partial charge in [-0.25, -0.2) is 4.39 Å². The molecule has 36 heavy (non-hydrogen) atoms. The maximum atomic E-state index is 13.6. The van der Waals surface area contributed by atoms with E-state index < -0.39 is 18.1 Å². The van der Waals surface area contributed by atoms with Gasteiger partial charge in [-0.1, -0.05) is 37.6 Å². The molecular formula is C27H32FN5O3. The number of nitrogens with one attached hydrogen (secondary N) is 1. The third-order valence-corrected chi connectivity index (χ3v) is 6.49. The number of hydrogen-bond donors (Lipinski definition) is 2. The molecule has 1 saturated heterocycles. The van der Waals surface area contributed by atoms with Crippen molar-refractivity contribution in [1.29, 1.82) is 5.26 Å². The number of likely N-dealkylation sites (N-methyl/N-ethyl adjacent to an activating group) is 1. The van der Waals surface area contributed by atoms with Gasteiger partial charge in [0.05, 0.1) is 17.7 Å². The fourth-order valence-electron chi connectivity index (χ4n) is 4.56. The largest absolute Gasteiger partial charge is 0.357 e. The van der Waals surface area contributed by atoms with E-state index in [4.69, 9.17) is 11.0 Å². The second-order valence-corrected chi connectivity index (χ2v) is 8.95. The van der Waals surface area contributed by atoms with E-state index in [1.807, 2.05) is 6.92 Å². The van der Waals surface area contributed by atoms with Crippen molar-refractivity contribution in [3.8, 4) is 6.07 Å². The number of piperazine rings is 1. The monoisotopic (exact) mass is 493 g/mol. The average Bonchev–Trinajstić information content (AvgIpc) is 2.89. The van der Waals surface area contributed by atoms with Crippen LogP contribution in [-0.4, -0.2) is 65.8 Å². The van der Waals surface area contributed by atoms with E-state index in [9.17, 15) is 18.8 Å². The van der Waals surface area contributed by atoms with E-state index in [1.165, 1.54) is 24.1 Å². The maximum absolute atomic E-state index is 13.6. The number of nitrogens with zero attached hydrogens (tertiary/aromatic N) is 3. The van der Waals surface area contributed by atoms with Crippen molar-refractivity contribution in [2.75, 3.05) is 20.1 Å². The minimum Gasteiger partial charge on any atom is -0.357 e. The highest BCUT2D eigenvalue weighted by Gasteiger charge is 2.42. The second kappa shape index (κ2) is 12.3. The second-order valence-electron chi connectivity index (χ2n) is 8.95. The summed E-state index contributed by atoms with van der Waals surface area (Å²) in [6.07, 6.45) is 1.63. The molecule has 3 atom stereocenters. The van der Waals surface area contributed by atoms with Gasteiger partial charge in [0.2, 0.25) is 17.7 Å². The molecular weight excluding hydrogens is 461 g/mol. The first kappa shape index (κ1) is 26.8. The lowest BCUT2D eigenvalue weighted by Crippen LogP contribution is -2.65. The SMILES string of the molecule is CCC[C@H]1C(=O)N([C@@H](Cc2ccc(C#N)cc2)C(=O)NC)CCN1C(=O)[C@H](N)Cc1ccc(F)cc1. The molecule has 0 aromatic heterocycles. The van der Waals surface area contributed by atoms with Crippen LogP contribution in [0.2, 0.25) is 0 Å². The van der Waals surface area contributed by atoms with Crippen molar-refractivity contribution in [2.24, 2.45) is 5.73 Å². The predicted molar refractivity (Wildman–Crippen MR) is 133 cm³/mol. The van der Waals surface area contributed by atoms with Gasteiger partial charge in [-0.05, 0) is 48.2 Å². The van der Waals surface area contributed by atoms with Gasteiger partial charge in [0, 0.05) is 26.6 Å². The van der Waals surface area contributed by atoms with Gasteiger partial charge in [0.25, 0.3) is 0 Å². The van der Waals surface area contributed by atoms with Crippen LogP contribution in [0.3, 0.4) is 0 Å². The standard InChI is InChI=1S/C27H32FN5O3/c1-3-4-23-27(36)33(24(25(34)31-2)16-19-5-7-20(17-29)8-6-19)14-13-32(23)26(35)22(30)15-18-9-11-21(28)12-10-18/h5-12,22-24H,3-4,13-16,30H2,1-2H3,(H,31,34)/t22-,23+,24+/m1/s1. The van der Waals surface area contributed by atoms with Crippen molar-refractivity contribution in [3.63, 3.8) is 0 Å². The minimum atomic E-state index is -0.873. The van der Waals surface area contributed by atoms with Crippen molar-refractivity contribution in [2.45, 2.75) is 50.7 Å². The van der Waals surface area contributed by atoms with E-state index in [0.29, 0.717) is 18.4 Å². The summed E-state index contributed by atoms with van der Waals surface area (Å²) < 4.78 is 13.2. The van der Waals surface area contributed by atoms with Gasteiger partial charge in [-0.15, -0.1) is 0 Å². The molecule has 1 aliphatic rings. The first-order valence-electron chi connectivity index (χ1n) is 12.1. The zero-order valence-electron chi connectivity index (χ0n) is 20.6. The lowest BCUT2D eigenvalue weighted by atomic mass is 9.97. The molecule has 0 spiro atoms. The highest BCUT2D eigenvalue weighted by molar-refractivity contribution is 5.94. The van der Waals surface area contributed by atoms with E-state index in [-0.39, 0.29) is 49.5 Å². The van der Waals surface area contributed by atoms with E-state index in [2.05, 4.69) is 11.4 Å². The predicted octanol–water partition coefficient (Wildman–Crippen LogP) is 1.76. The third-order valence-electron chi connectivity index (χ3n) is 6.49. The fraction of sp³-hybridized carbons (Fsp3) is 0.407. The molecule has 2 aromatic carbocycles. The number of amides is 3. The molecule has 0 saturated carbocycles. The highest BCUT2D eigenvalue weighted by atomic mass is 19.1. The van der Waals surface area contributed by atoms with Gasteiger partial charge >= 0.3 is 0 Å². The Hall–Kier alpha value is -3.77. The summed E-state index contributed by atoms with van der Waals surface area (Å²) in [6, 6.07) is 12.4. The Kier molecular flexibility index (Phi) is 9.14. The molecule has 1 heterocycles. The van der Waals surface area contributed by atoms with Crippen LogP contribution in [0, 0.1) is 17.1 Å². The number of benzene rings is 2. The summed E-state index contributed by atoms with van der Waals surface area (Å²) in [5.41, 5.74) is 8.28. The summed E-state index contributed by atoms with van der Waals surface area (Å²) in [4.78, 5) is 42.8. The van der Waals surface area contributed by atoms with Crippen molar-refractivity contribution < 1.29 is 18.8 Å². The van der Waals surface area contributed by atoms with Gasteiger partial charge in [0.15, 0.2) is 0 Å². The molecule has 9 heteroatoms. The van der Waals surface area contributed by atoms with Crippen LogP contribution in [0.1, 0.15) is 36.5 Å². The van der Waals surface area contributed by atoms with E-state index in [1.54, 1.807) is 41.3 Å². The molecule has 3 rings (SSSR count). The molecule has 2 aromatic rings. The summed E-state index contributed by atoms with van der Waals surface area (Å²) in [7, 11) is 1.52. The highest BCUT2D eigenvalue weighted by Crippen LogP contribution is 2.22. The maximum Gasteiger partial charge on any atom is 0.246 e. The molecule has 0 aliphatic carbocycles. The molecule has 190 valence electrons. The van der Waals surface area contributed by atoms with Crippen molar-refractivity contribution in [3.05, 3.63) is 71.0 Å². The lowest BCUT2D eigenvalue weighted by Gasteiger charge is -2.44. The first-order valence-corrected chi connectivity index (χ1v) is 12.1. The van der Waals surface area contributed by atoms with Crippen LogP contribution in [0.25, 0.3) is 0 Å². The van der Waals surface area contributed by atoms with Gasteiger partial charge in [-0.3, -0.25) is 14.4 Å². The summed E-state index contributed by atoms with van der Waals surface area (Å²) in [5, 5.41) is 11.7. The van der Waals surface area contributed by atoms with Crippen LogP contribution in [0.4, 0.5) is 4.39 Å². The number of hydrogen-bond acceptors (Lipinski definition) is 5. The Morgan fingerprint density at radius 3 is 2.31 bits per heavy atom. The van der Waals surface area contributed by atoms with Gasteiger partial charge in [0.1, 0.15) is 17.9 Å². The van der Waals surface area contributed by atoms with E-state index >= 15 is 0 Å². The molecule has 3 N–H and O–H groups in total. The number of carbonyl (C=O) groups excluding carboxylic acids is 3. The Labute approximate surface area is 210 Å². The molecule has 3 amide bonds. The Morgan fingerprint density at radius 2 is 1.72 bits per heavy atom. The average molecular weight is 494 g/mol.